The Bertz CT molecular complexity index is 1530. The molecule has 6 N–H and O–H groups in total. The molecule has 1 saturated heterocycles. The van der Waals surface area contributed by atoms with Crippen molar-refractivity contribution in [3.63, 3.8) is 0 Å². The van der Waals surface area contributed by atoms with E-state index < -0.39 is 49.5 Å². The molecule has 1 fully saturated rings. The van der Waals surface area contributed by atoms with Crippen molar-refractivity contribution in [2.24, 2.45) is 0 Å². The summed E-state index contributed by atoms with van der Waals surface area (Å²) in [6, 6.07) is -0.819. The Hall–Kier alpha value is -2.89. The second-order valence-corrected chi connectivity index (χ2v) is 21.8. The van der Waals surface area contributed by atoms with Crippen LogP contribution in [0.5, 0.6) is 0 Å². The van der Waals surface area contributed by atoms with Crippen LogP contribution >= 0.6 is 0 Å². The highest BCUT2D eigenvalue weighted by molar-refractivity contribution is 5.76. The minimum atomic E-state index is -1.58. The largest absolute Gasteiger partial charge is 0.394 e. The van der Waals surface area contributed by atoms with Crippen LogP contribution in [0.15, 0.2) is 97.2 Å². The first kappa shape index (κ1) is 72.1. The first-order valence-electron chi connectivity index (χ1n) is 32.0. The van der Waals surface area contributed by atoms with Crippen molar-refractivity contribution in [2.75, 3.05) is 13.2 Å². The highest BCUT2D eigenvalue weighted by Gasteiger charge is 2.44. The third kappa shape index (κ3) is 45.5. The summed E-state index contributed by atoms with van der Waals surface area (Å²) in [5, 5.41) is 54.7. The van der Waals surface area contributed by atoms with E-state index in [1.807, 2.05) is 6.08 Å². The van der Waals surface area contributed by atoms with E-state index in [4.69, 9.17) is 9.47 Å². The van der Waals surface area contributed by atoms with E-state index in [-0.39, 0.29) is 12.5 Å². The van der Waals surface area contributed by atoms with Crippen LogP contribution in [-0.2, 0) is 14.3 Å². The van der Waals surface area contributed by atoms with E-state index in [1.165, 1.54) is 154 Å². The Morgan fingerprint density at radius 2 is 0.805 bits per heavy atom. The van der Waals surface area contributed by atoms with Gasteiger partial charge in [0.05, 0.1) is 25.4 Å². The molecule has 1 heterocycles. The molecule has 0 aromatic carbocycles. The smallest absolute Gasteiger partial charge is 0.220 e. The summed E-state index contributed by atoms with van der Waals surface area (Å²) in [4.78, 5) is 13.1. The lowest BCUT2D eigenvalue weighted by Gasteiger charge is -2.40. The molecule has 1 aliphatic heterocycles. The first-order chi connectivity index (χ1) is 37.8. The molecule has 0 spiro atoms. The third-order valence-corrected chi connectivity index (χ3v) is 14.7. The summed E-state index contributed by atoms with van der Waals surface area (Å²) in [6.07, 6.45) is 74.8. The van der Waals surface area contributed by atoms with Crippen molar-refractivity contribution < 1.29 is 39.8 Å². The summed E-state index contributed by atoms with van der Waals surface area (Å²) in [5.41, 5.74) is 0. The summed E-state index contributed by atoms with van der Waals surface area (Å²) in [5.74, 6) is -0.189. The topological polar surface area (TPSA) is 149 Å². The quantitative estimate of drug-likeness (QED) is 0.0261. The van der Waals surface area contributed by atoms with Gasteiger partial charge in [-0.3, -0.25) is 4.79 Å². The van der Waals surface area contributed by atoms with Crippen molar-refractivity contribution in [2.45, 2.75) is 314 Å². The van der Waals surface area contributed by atoms with E-state index in [1.54, 1.807) is 6.08 Å². The lowest BCUT2D eigenvalue weighted by atomic mass is 9.99. The Morgan fingerprint density at radius 1 is 0.455 bits per heavy atom. The Labute approximate surface area is 473 Å². The Morgan fingerprint density at radius 3 is 1.19 bits per heavy atom. The number of amides is 1. The lowest BCUT2D eigenvalue weighted by Crippen LogP contribution is -2.60. The van der Waals surface area contributed by atoms with Gasteiger partial charge in [0.2, 0.25) is 5.91 Å². The molecule has 7 unspecified atom stereocenters. The number of aliphatic hydroxyl groups excluding tert-OH is 5. The third-order valence-electron chi connectivity index (χ3n) is 14.7. The van der Waals surface area contributed by atoms with Gasteiger partial charge >= 0.3 is 0 Å². The average Bonchev–Trinajstić information content (AvgIpc) is 3.43. The number of carbonyl (C=O) groups is 1. The van der Waals surface area contributed by atoms with E-state index in [0.29, 0.717) is 6.42 Å². The van der Waals surface area contributed by atoms with Crippen LogP contribution in [0.25, 0.3) is 0 Å². The fraction of sp³-hybridized carbons (Fsp3) is 0.750. The highest BCUT2D eigenvalue weighted by atomic mass is 16.7. The summed E-state index contributed by atoms with van der Waals surface area (Å²) < 4.78 is 11.3. The van der Waals surface area contributed by atoms with Gasteiger partial charge in [0.15, 0.2) is 6.29 Å². The Balaban J connectivity index is 2.22. The second kappa shape index (κ2) is 56.4. The van der Waals surface area contributed by atoms with Gasteiger partial charge in [-0.1, -0.05) is 284 Å². The lowest BCUT2D eigenvalue weighted by molar-refractivity contribution is -0.302. The number of nitrogens with one attached hydrogen (secondary N) is 1. The predicted molar refractivity (Wildman–Crippen MR) is 327 cm³/mol. The standard InChI is InChI=1S/C68H119NO8/c1-3-5-7-9-11-13-15-17-19-21-23-25-27-29-30-31-32-34-36-38-40-42-44-46-48-50-52-54-56-58-64(72)69-61(60-76-68-67(75)66(74)65(73)63(59-70)77-68)62(71)57-55-53-51-49-47-45-43-41-39-37-35-33-28-26-24-22-20-18-16-14-12-10-8-6-4-2/h5,7,11,13,17,19,23,25,29-30,32,34,38,40,55,57,61-63,65-68,70-71,73-75H,3-4,6,8-10,12,14-16,18,20-22,24,26-28,31,33,35-37,39,41-54,56,58-60H2,1-2H3,(H,69,72)/b7-5-,13-11-,19-17-,25-23-,30-29-,34-32-,40-38-,57-55+. The van der Waals surface area contributed by atoms with E-state index >= 15 is 0 Å². The van der Waals surface area contributed by atoms with Gasteiger partial charge in [-0.15, -0.1) is 0 Å². The van der Waals surface area contributed by atoms with Crippen LogP contribution in [0.4, 0.5) is 0 Å². The van der Waals surface area contributed by atoms with Crippen molar-refractivity contribution >= 4 is 5.91 Å². The van der Waals surface area contributed by atoms with E-state index in [2.05, 4.69) is 104 Å². The van der Waals surface area contributed by atoms with Gasteiger partial charge in [-0.05, 0) is 77.0 Å². The van der Waals surface area contributed by atoms with Crippen molar-refractivity contribution in [3.8, 4) is 0 Å². The van der Waals surface area contributed by atoms with Gasteiger partial charge < -0.3 is 40.3 Å². The van der Waals surface area contributed by atoms with Gasteiger partial charge in [0.25, 0.3) is 0 Å². The highest BCUT2D eigenvalue weighted by Crippen LogP contribution is 2.23. The fourth-order valence-electron chi connectivity index (χ4n) is 9.67. The first-order valence-corrected chi connectivity index (χ1v) is 32.0. The maximum atomic E-state index is 13.1. The van der Waals surface area contributed by atoms with Crippen molar-refractivity contribution in [3.05, 3.63) is 97.2 Å². The van der Waals surface area contributed by atoms with Crippen molar-refractivity contribution in [1.82, 2.24) is 5.32 Å². The van der Waals surface area contributed by atoms with Crippen LogP contribution in [0.1, 0.15) is 271 Å². The van der Waals surface area contributed by atoms with Crippen LogP contribution in [0.3, 0.4) is 0 Å². The zero-order valence-electron chi connectivity index (χ0n) is 49.4. The molecule has 0 saturated carbocycles. The fourth-order valence-corrected chi connectivity index (χ4v) is 9.67. The number of ether oxygens (including phenoxy) is 2. The summed E-state index contributed by atoms with van der Waals surface area (Å²) in [7, 11) is 0. The van der Waals surface area contributed by atoms with E-state index in [9.17, 15) is 30.3 Å². The summed E-state index contributed by atoms with van der Waals surface area (Å²) in [6.45, 7) is 3.68. The van der Waals surface area contributed by atoms with E-state index in [0.717, 1.165) is 96.3 Å². The molecule has 1 rings (SSSR count). The molecule has 9 nitrogen and oxygen atoms in total. The molecule has 1 amide bonds. The average molecular weight is 1080 g/mol. The molecule has 0 bridgehead atoms. The number of hydrogen-bond donors (Lipinski definition) is 6. The van der Waals surface area contributed by atoms with Crippen molar-refractivity contribution in [1.29, 1.82) is 0 Å². The maximum absolute atomic E-state index is 13.1. The minimum Gasteiger partial charge on any atom is -0.394 e. The maximum Gasteiger partial charge on any atom is 0.220 e. The second-order valence-electron chi connectivity index (χ2n) is 21.8. The molecular weight excluding hydrogens is 959 g/mol. The van der Waals surface area contributed by atoms with Crippen LogP contribution < -0.4 is 5.32 Å². The van der Waals surface area contributed by atoms with Gasteiger partial charge in [-0.25, -0.2) is 0 Å². The molecule has 444 valence electrons. The molecule has 0 radical (unpaired) electrons. The number of carbonyl (C=O) groups excluding carboxylic acids is 1. The minimum absolute atomic E-state index is 0.189. The van der Waals surface area contributed by atoms with Gasteiger partial charge in [-0.2, -0.15) is 0 Å². The molecular formula is C68H119NO8. The van der Waals surface area contributed by atoms with Gasteiger partial charge in [0.1, 0.15) is 24.4 Å². The molecule has 1 aliphatic rings. The number of allylic oxidation sites excluding steroid dienone is 15. The molecule has 77 heavy (non-hydrogen) atoms. The van der Waals surface area contributed by atoms with Gasteiger partial charge in [0, 0.05) is 6.42 Å². The van der Waals surface area contributed by atoms with Crippen LogP contribution in [0.2, 0.25) is 0 Å². The zero-order valence-corrected chi connectivity index (χ0v) is 49.4. The SMILES string of the molecule is CC/C=C\C/C=C\C/C=C\C/C=C\C/C=C\C/C=C\C/C=C\CCCCCCCCCC(=O)NC(COC1OC(CO)C(O)C(O)C1O)C(O)/C=C/CCCCCCCCCCCCCCCCCCCCCCCCC. The molecule has 0 aromatic rings. The monoisotopic (exact) mass is 1080 g/mol. The number of aliphatic hydroxyl groups is 5. The van der Waals surface area contributed by atoms with Crippen LogP contribution in [-0.4, -0.2) is 87.5 Å². The molecule has 7 atom stereocenters. The number of rotatable bonds is 54. The summed E-state index contributed by atoms with van der Waals surface area (Å²) >= 11 is 0. The zero-order chi connectivity index (χ0) is 55.8. The Kier molecular flexibility index (Phi) is 52.8. The van der Waals surface area contributed by atoms with Crippen LogP contribution in [0, 0.1) is 0 Å². The predicted octanol–water partition coefficient (Wildman–Crippen LogP) is 16.7. The molecule has 0 aromatic heterocycles. The number of hydrogen-bond acceptors (Lipinski definition) is 8. The molecule has 0 aliphatic carbocycles. The molecule has 9 heteroatoms. The normalized spacial score (nSPS) is 19.4. The number of unbranched alkanes of at least 4 members (excludes halogenated alkanes) is 30.